The summed E-state index contributed by atoms with van der Waals surface area (Å²) in [6.45, 7) is 3.87. The van der Waals surface area contributed by atoms with Gasteiger partial charge in [-0.1, -0.05) is 0 Å². The van der Waals surface area contributed by atoms with Gasteiger partial charge in [0.15, 0.2) is 5.78 Å². The standard InChI is InChI=1S/C15H21NO2/c1-15(2,16(3)4)14(17)11-5-7-12(8-6-11)18-13-9-10-13/h5-8,13H,9-10H2,1-4H3. The van der Waals surface area contributed by atoms with Gasteiger partial charge < -0.3 is 4.74 Å². The topological polar surface area (TPSA) is 29.5 Å². The van der Waals surface area contributed by atoms with E-state index in [9.17, 15) is 4.79 Å². The Morgan fingerprint density at radius 2 is 1.78 bits per heavy atom. The average molecular weight is 247 g/mol. The molecule has 1 saturated carbocycles. The Morgan fingerprint density at radius 3 is 2.22 bits per heavy atom. The number of carbonyl (C=O) groups is 1. The van der Waals surface area contributed by atoms with E-state index in [1.54, 1.807) is 0 Å². The number of carbonyl (C=O) groups excluding carboxylic acids is 1. The molecule has 2 rings (SSSR count). The number of likely N-dealkylation sites (N-methyl/N-ethyl adjacent to an activating group) is 1. The number of ether oxygens (including phenoxy) is 1. The molecule has 98 valence electrons. The first kappa shape index (κ1) is 13.1. The van der Waals surface area contributed by atoms with Crippen molar-refractivity contribution >= 4 is 5.78 Å². The maximum absolute atomic E-state index is 12.4. The molecule has 3 heteroatoms. The smallest absolute Gasteiger partial charge is 0.182 e. The van der Waals surface area contributed by atoms with Gasteiger partial charge in [-0.25, -0.2) is 0 Å². The molecule has 0 aromatic heterocycles. The van der Waals surface area contributed by atoms with Gasteiger partial charge in [0, 0.05) is 5.56 Å². The molecule has 0 bridgehead atoms. The van der Waals surface area contributed by atoms with Crippen LogP contribution in [-0.4, -0.2) is 36.4 Å². The molecule has 0 heterocycles. The Balaban J connectivity index is 2.10. The van der Waals surface area contributed by atoms with Gasteiger partial charge in [0.2, 0.25) is 0 Å². The summed E-state index contributed by atoms with van der Waals surface area (Å²) in [7, 11) is 3.84. The van der Waals surface area contributed by atoms with Gasteiger partial charge in [-0.3, -0.25) is 9.69 Å². The van der Waals surface area contributed by atoms with Crippen molar-refractivity contribution in [2.24, 2.45) is 0 Å². The van der Waals surface area contributed by atoms with Gasteiger partial charge in [-0.05, 0) is 65.0 Å². The second-order valence-corrected chi connectivity index (χ2v) is 5.62. The first-order valence-corrected chi connectivity index (χ1v) is 6.40. The molecule has 0 saturated heterocycles. The molecule has 1 fully saturated rings. The number of rotatable bonds is 5. The van der Waals surface area contributed by atoms with Crippen molar-refractivity contribution in [3.05, 3.63) is 29.8 Å². The lowest BCUT2D eigenvalue weighted by atomic mass is 9.92. The predicted octanol–water partition coefficient (Wildman–Crippen LogP) is 2.75. The zero-order valence-electron chi connectivity index (χ0n) is 11.6. The minimum absolute atomic E-state index is 0.130. The molecule has 0 amide bonds. The van der Waals surface area contributed by atoms with E-state index in [4.69, 9.17) is 4.74 Å². The fourth-order valence-corrected chi connectivity index (χ4v) is 1.62. The number of hydrogen-bond donors (Lipinski definition) is 0. The van der Waals surface area contributed by atoms with Crippen molar-refractivity contribution < 1.29 is 9.53 Å². The summed E-state index contributed by atoms with van der Waals surface area (Å²) in [5, 5.41) is 0. The maximum Gasteiger partial charge on any atom is 0.182 e. The Morgan fingerprint density at radius 1 is 1.22 bits per heavy atom. The third-order valence-corrected chi connectivity index (χ3v) is 3.62. The largest absolute Gasteiger partial charge is 0.490 e. The zero-order chi connectivity index (χ0) is 13.3. The molecule has 0 N–H and O–H groups in total. The number of nitrogens with zero attached hydrogens (tertiary/aromatic N) is 1. The Labute approximate surface area is 109 Å². The quantitative estimate of drug-likeness (QED) is 0.749. The monoisotopic (exact) mass is 247 g/mol. The van der Waals surface area contributed by atoms with Crippen LogP contribution < -0.4 is 4.74 Å². The van der Waals surface area contributed by atoms with Crippen LogP contribution in [0.4, 0.5) is 0 Å². The number of hydrogen-bond acceptors (Lipinski definition) is 3. The number of Topliss-reactive ketones (excluding diaryl/α,β-unsaturated/α-hetero) is 1. The summed E-state index contributed by atoms with van der Waals surface area (Å²) < 4.78 is 5.67. The number of ketones is 1. The van der Waals surface area contributed by atoms with Crippen molar-refractivity contribution in [2.45, 2.75) is 38.3 Å². The molecule has 1 aliphatic rings. The fourth-order valence-electron chi connectivity index (χ4n) is 1.62. The van der Waals surface area contributed by atoms with E-state index in [0.717, 1.165) is 24.2 Å². The molecule has 0 aliphatic heterocycles. The summed E-state index contributed by atoms with van der Waals surface area (Å²) in [6.07, 6.45) is 2.69. The molecule has 18 heavy (non-hydrogen) atoms. The van der Waals surface area contributed by atoms with Crippen molar-refractivity contribution in [2.75, 3.05) is 14.1 Å². The second kappa shape index (κ2) is 4.73. The highest BCUT2D eigenvalue weighted by Crippen LogP contribution is 2.27. The molecule has 1 aromatic carbocycles. The molecule has 0 spiro atoms. The van der Waals surface area contributed by atoms with E-state index in [1.165, 1.54) is 0 Å². The Kier molecular flexibility index (Phi) is 3.44. The molecule has 1 aliphatic carbocycles. The molecule has 0 atom stereocenters. The third-order valence-electron chi connectivity index (χ3n) is 3.62. The van der Waals surface area contributed by atoms with Crippen LogP contribution in [0, 0.1) is 0 Å². The lowest BCUT2D eigenvalue weighted by Crippen LogP contribution is -2.45. The van der Waals surface area contributed by atoms with Gasteiger partial charge in [0.1, 0.15) is 5.75 Å². The minimum Gasteiger partial charge on any atom is -0.490 e. The van der Waals surface area contributed by atoms with Crippen molar-refractivity contribution in [1.82, 2.24) is 4.90 Å². The van der Waals surface area contributed by atoms with Gasteiger partial charge in [-0.2, -0.15) is 0 Å². The summed E-state index contributed by atoms with van der Waals surface area (Å²) in [5.74, 6) is 0.988. The summed E-state index contributed by atoms with van der Waals surface area (Å²) >= 11 is 0. The van der Waals surface area contributed by atoms with Gasteiger partial charge in [0.05, 0.1) is 11.6 Å². The lowest BCUT2D eigenvalue weighted by molar-refractivity contribution is 0.0755. The van der Waals surface area contributed by atoms with E-state index in [-0.39, 0.29) is 5.78 Å². The van der Waals surface area contributed by atoms with E-state index in [2.05, 4.69) is 0 Å². The summed E-state index contributed by atoms with van der Waals surface area (Å²) in [4.78, 5) is 14.3. The van der Waals surface area contributed by atoms with E-state index in [1.807, 2.05) is 57.1 Å². The highest BCUT2D eigenvalue weighted by Gasteiger charge is 2.30. The average Bonchev–Trinajstić information content (AvgIpc) is 3.13. The Bertz CT molecular complexity index is 430. The van der Waals surface area contributed by atoms with Gasteiger partial charge >= 0.3 is 0 Å². The minimum atomic E-state index is -0.487. The maximum atomic E-state index is 12.4. The van der Waals surface area contributed by atoms with Crippen LogP contribution >= 0.6 is 0 Å². The van der Waals surface area contributed by atoms with Gasteiger partial charge in [-0.15, -0.1) is 0 Å². The van der Waals surface area contributed by atoms with Crippen LogP contribution in [0.5, 0.6) is 5.75 Å². The molecule has 0 radical (unpaired) electrons. The molecule has 1 aromatic rings. The first-order chi connectivity index (χ1) is 8.41. The SMILES string of the molecule is CN(C)C(C)(C)C(=O)c1ccc(OC2CC2)cc1. The van der Waals surface area contributed by atoms with Crippen LogP contribution in [-0.2, 0) is 0 Å². The highest BCUT2D eigenvalue weighted by atomic mass is 16.5. The third kappa shape index (κ3) is 2.72. The van der Waals surface area contributed by atoms with Crippen LogP contribution in [0.1, 0.15) is 37.0 Å². The van der Waals surface area contributed by atoms with Crippen LogP contribution in [0.15, 0.2) is 24.3 Å². The van der Waals surface area contributed by atoms with E-state index in [0.29, 0.717) is 6.10 Å². The normalized spacial score (nSPS) is 15.8. The van der Waals surface area contributed by atoms with Crippen LogP contribution in [0.3, 0.4) is 0 Å². The van der Waals surface area contributed by atoms with Crippen molar-refractivity contribution in [1.29, 1.82) is 0 Å². The fraction of sp³-hybridized carbons (Fsp3) is 0.533. The molecular weight excluding hydrogens is 226 g/mol. The predicted molar refractivity (Wildman–Crippen MR) is 72.2 cm³/mol. The summed E-state index contributed by atoms with van der Waals surface area (Å²) in [5.41, 5.74) is 0.246. The van der Waals surface area contributed by atoms with Crippen molar-refractivity contribution in [3.63, 3.8) is 0 Å². The molecule has 0 unspecified atom stereocenters. The van der Waals surface area contributed by atoms with E-state index >= 15 is 0 Å². The molecular formula is C15H21NO2. The first-order valence-electron chi connectivity index (χ1n) is 6.40. The highest BCUT2D eigenvalue weighted by molar-refractivity contribution is 6.02. The van der Waals surface area contributed by atoms with Gasteiger partial charge in [0.25, 0.3) is 0 Å². The van der Waals surface area contributed by atoms with Crippen LogP contribution in [0.25, 0.3) is 0 Å². The lowest BCUT2D eigenvalue weighted by Gasteiger charge is -2.30. The summed E-state index contributed by atoms with van der Waals surface area (Å²) in [6, 6.07) is 7.48. The zero-order valence-corrected chi connectivity index (χ0v) is 11.6. The van der Waals surface area contributed by atoms with Crippen molar-refractivity contribution in [3.8, 4) is 5.75 Å². The second-order valence-electron chi connectivity index (χ2n) is 5.62. The number of benzene rings is 1. The van der Waals surface area contributed by atoms with Crippen LogP contribution in [0.2, 0.25) is 0 Å². The Hall–Kier alpha value is -1.35. The van der Waals surface area contributed by atoms with E-state index < -0.39 is 5.54 Å². The molecule has 3 nitrogen and oxygen atoms in total.